The molecule has 3 aromatic rings. The maximum absolute atomic E-state index is 13.5. The summed E-state index contributed by atoms with van der Waals surface area (Å²) in [4.78, 5) is 36.2. The van der Waals surface area contributed by atoms with Gasteiger partial charge < -0.3 is 5.32 Å². The third-order valence-electron chi connectivity index (χ3n) is 3.59. The number of carbonyl (C=O) groups is 1. The molecule has 122 valence electrons. The van der Waals surface area contributed by atoms with E-state index in [9.17, 15) is 18.8 Å². The second-order valence-corrected chi connectivity index (χ2v) is 5.22. The van der Waals surface area contributed by atoms with E-state index in [0.29, 0.717) is 5.39 Å². The van der Waals surface area contributed by atoms with Gasteiger partial charge in [-0.15, -0.1) is 0 Å². The monoisotopic (exact) mass is 327 g/mol. The highest BCUT2D eigenvalue weighted by Crippen LogP contribution is 2.12. The predicted octanol–water partition coefficient (Wildman–Crippen LogP) is 1.86. The number of para-hydroxylation sites is 1. The van der Waals surface area contributed by atoms with Crippen molar-refractivity contribution in [1.29, 1.82) is 0 Å². The first-order valence-corrected chi connectivity index (χ1v) is 7.32. The molecule has 1 heterocycles. The molecule has 0 spiro atoms. The molecule has 0 aliphatic heterocycles. The van der Waals surface area contributed by atoms with Gasteiger partial charge in [-0.2, -0.15) is 0 Å². The van der Waals surface area contributed by atoms with E-state index in [4.69, 9.17) is 0 Å². The Morgan fingerprint density at radius 1 is 1.04 bits per heavy atom. The summed E-state index contributed by atoms with van der Waals surface area (Å²) in [5, 5.41) is 5.46. The molecule has 0 aliphatic rings. The van der Waals surface area contributed by atoms with Crippen LogP contribution in [0.1, 0.15) is 6.42 Å². The van der Waals surface area contributed by atoms with Crippen molar-refractivity contribution in [1.82, 2.24) is 9.78 Å². The zero-order valence-electron chi connectivity index (χ0n) is 12.6. The number of aryl methyl sites for hydroxylation is 1. The maximum Gasteiger partial charge on any atom is 0.273 e. The number of fused-ring (bicyclic) bond motifs is 1. The zero-order valence-corrected chi connectivity index (χ0v) is 12.6. The average molecular weight is 327 g/mol. The molecule has 0 bridgehead atoms. The molecule has 0 radical (unpaired) electrons. The van der Waals surface area contributed by atoms with Crippen molar-refractivity contribution >= 4 is 22.4 Å². The number of carbonyl (C=O) groups excluding carboxylic acids is 1. The molecule has 0 saturated carbocycles. The van der Waals surface area contributed by atoms with E-state index in [1.165, 1.54) is 18.2 Å². The Bertz CT molecular complexity index is 1020. The van der Waals surface area contributed by atoms with Crippen LogP contribution in [0.4, 0.5) is 10.1 Å². The molecule has 6 nitrogen and oxygen atoms in total. The Morgan fingerprint density at radius 2 is 1.71 bits per heavy atom. The summed E-state index contributed by atoms with van der Waals surface area (Å²) in [6.45, 7) is -0.0147. The molecule has 0 atom stereocenters. The van der Waals surface area contributed by atoms with E-state index < -0.39 is 17.3 Å². The average Bonchev–Trinajstić information content (AvgIpc) is 2.59. The molecule has 1 aromatic heterocycles. The number of hydrogen-bond donors (Lipinski definition) is 2. The fraction of sp³-hybridized carbons (Fsp3) is 0.118. The zero-order chi connectivity index (χ0) is 17.1. The first-order valence-electron chi connectivity index (χ1n) is 7.32. The molecule has 0 fully saturated rings. The Kier molecular flexibility index (Phi) is 4.24. The van der Waals surface area contributed by atoms with Gasteiger partial charge in [0.1, 0.15) is 5.82 Å². The second kappa shape index (κ2) is 6.49. The Balaban J connectivity index is 1.78. The van der Waals surface area contributed by atoms with Crippen LogP contribution in [0.25, 0.3) is 10.8 Å². The lowest BCUT2D eigenvalue weighted by Gasteiger charge is -2.08. The Morgan fingerprint density at radius 3 is 2.46 bits per heavy atom. The lowest BCUT2D eigenvalue weighted by atomic mass is 10.2. The van der Waals surface area contributed by atoms with E-state index in [1.54, 1.807) is 30.3 Å². The molecule has 0 aliphatic carbocycles. The Hall–Kier alpha value is -3.22. The van der Waals surface area contributed by atoms with Crippen LogP contribution in [-0.4, -0.2) is 15.7 Å². The van der Waals surface area contributed by atoms with Gasteiger partial charge in [0, 0.05) is 6.42 Å². The summed E-state index contributed by atoms with van der Waals surface area (Å²) in [6.07, 6.45) is -0.0808. The second-order valence-electron chi connectivity index (χ2n) is 5.22. The fourth-order valence-electron chi connectivity index (χ4n) is 2.39. The summed E-state index contributed by atoms with van der Waals surface area (Å²) in [5.74, 6) is -0.997. The highest BCUT2D eigenvalue weighted by Gasteiger charge is 2.10. The molecule has 0 unspecified atom stereocenters. The lowest BCUT2D eigenvalue weighted by Crippen LogP contribution is -2.31. The molecule has 24 heavy (non-hydrogen) atoms. The van der Waals surface area contributed by atoms with Crippen molar-refractivity contribution in [2.75, 3.05) is 5.32 Å². The molecule has 2 aromatic carbocycles. The number of nitrogens with one attached hydrogen (secondary N) is 2. The van der Waals surface area contributed by atoms with Crippen molar-refractivity contribution in [3.8, 4) is 0 Å². The van der Waals surface area contributed by atoms with Crippen molar-refractivity contribution in [2.24, 2.45) is 0 Å². The quantitative estimate of drug-likeness (QED) is 0.767. The van der Waals surface area contributed by atoms with Crippen LogP contribution >= 0.6 is 0 Å². The minimum atomic E-state index is -0.540. The van der Waals surface area contributed by atoms with Crippen LogP contribution in [-0.2, 0) is 11.3 Å². The van der Waals surface area contributed by atoms with Crippen molar-refractivity contribution < 1.29 is 9.18 Å². The smallest absolute Gasteiger partial charge is 0.273 e. The van der Waals surface area contributed by atoms with Crippen molar-refractivity contribution in [3.05, 3.63) is 75.1 Å². The highest BCUT2D eigenvalue weighted by molar-refractivity contribution is 5.90. The van der Waals surface area contributed by atoms with Crippen molar-refractivity contribution in [2.45, 2.75) is 13.0 Å². The van der Waals surface area contributed by atoms with Crippen LogP contribution in [0.5, 0.6) is 0 Å². The van der Waals surface area contributed by atoms with E-state index in [2.05, 4.69) is 10.4 Å². The minimum Gasteiger partial charge on any atom is -0.324 e. The number of halogens is 1. The van der Waals surface area contributed by atoms with Crippen molar-refractivity contribution in [3.63, 3.8) is 0 Å². The highest BCUT2D eigenvalue weighted by atomic mass is 19.1. The van der Waals surface area contributed by atoms with Crippen LogP contribution in [0.3, 0.4) is 0 Å². The van der Waals surface area contributed by atoms with Gasteiger partial charge in [0.15, 0.2) is 0 Å². The van der Waals surface area contributed by atoms with Gasteiger partial charge in [0.25, 0.3) is 11.1 Å². The number of benzene rings is 2. The number of nitrogens with zero attached hydrogens (tertiary/aromatic N) is 1. The number of rotatable bonds is 4. The standard InChI is InChI=1S/C17H14FN3O3/c18-13-7-3-4-8-14(13)19-15(22)9-10-21-17(24)12-6-2-1-5-11(12)16(23)20-21/h1-8H,9-10H2,(H,19,22)(H,20,23). The number of hydrogen-bond acceptors (Lipinski definition) is 3. The summed E-state index contributed by atoms with van der Waals surface area (Å²) < 4.78 is 14.6. The Labute approximate surface area is 135 Å². The minimum absolute atomic E-state index is 0.0147. The number of anilines is 1. The number of aromatic amines is 1. The molecule has 3 rings (SSSR count). The van der Waals surface area contributed by atoms with Crippen LogP contribution in [0, 0.1) is 5.82 Å². The molecule has 2 N–H and O–H groups in total. The van der Waals surface area contributed by atoms with E-state index in [1.807, 2.05) is 0 Å². The van der Waals surface area contributed by atoms with Crippen LogP contribution < -0.4 is 16.4 Å². The summed E-state index contributed by atoms with van der Waals surface area (Å²) in [7, 11) is 0. The summed E-state index contributed by atoms with van der Waals surface area (Å²) in [6, 6.07) is 12.3. The third-order valence-corrected chi connectivity index (χ3v) is 3.59. The van der Waals surface area contributed by atoms with E-state index in [-0.39, 0.29) is 29.6 Å². The summed E-state index contributed by atoms with van der Waals surface area (Å²) in [5.41, 5.74) is -0.717. The molecular weight excluding hydrogens is 313 g/mol. The third kappa shape index (κ3) is 3.10. The van der Waals surface area contributed by atoms with E-state index in [0.717, 1.165) is 4.68 Å². The maximum atomic E-state index is 13.5. The fourth-order valence-corrected chi connectivity index (χ4v) is 2.39. The largest absolute Gasteiger partial charge is 0.324 e. The molecule has 0 saturated heterocycles. The number of H-pyrrole nitrogens is 1. The topological polar surface area (TPSA) is 84.0 Å². The molecule has 1 amide bonds. The predicted molar refractivity (Wildman–Crippen MR) is 88.5 cm³/mol. The molecule has 7 heteroatoms. The first kappa shape index (κ1) is 15.7. The SMILES string of the molecule is O=C(CCn1[nH]c(=O)c2ccccc2c1=O)Nc1ccccc1F. The van der Waals surface area contributed by atoms with Crippen LogP contribution in [0.15, 0.2) is 58.1 Å². The van der Waals surface area contributed by atoms with Gasteiger partial charge in [-0.05, 0) is 24.3 Å². The lowest BCUT2D eigenvalue weighted by molar-refractivity contribution is -0.116. The first-order chi connectivity index (χ1) is 11.6. The van der Waals surface area contributed by atoms with Gasteiger partial charge in [-0.3, -0.25) is 19.5 Å². The van der Waals surface area contributed by atoms with Gasteiger partial charge >= 0.3 is 0 Å². The van der Waals surface area contributed by atoms with Gasteiger partial charge in [0.2, 0.25) is 5.91 Å². The van der Waals surface area contributed by atoms with E-state index >= 15 is 0 Å². The number of aromatic nitrogens is 2. The van der Waals surface area contributed by atoms with Gasteiger partial charge in [-0.25, -0.2) is 9.07 Å². The normalized spacial score (nSPS) is 10.7. The number of amides is 1. The van der Waals surface area contributed by atoms with Gasteiger partial charge in [0.05, 0.1) is 23.0 Å². The van der Waals surface area contributed by atoms with Crippen LogP contribution in [0.2, 0.25) is 0 Å². The summed E-state index contributed by atoms with van der Waals surface area (Å²) >= 11 is 0. The van der Waals surface area contributed by atoms with Gasteiger partial charge in [-0.1, -0.05) is 24.3 Å². The molecular formula is C17H14FN3O3.